The Balaban J connectivity index is 2.06. The maximum absolute atomic E-state index is 13.8. The highest BCUT2D eigenvalue weighted by Crippen LogP contribution is 2.22. The normalized spacial score (nSPS) is 10.5. The lowest BCUT2D eigenvalue weighted by Gasteiger charge is -2.09. The van der Waals surface area contributed by atoms with Gasteiger partial charge in [-0.2, -0.15) is 0 Å². The van der Waals surface area contributed by atoms with Crippen LogP contribution in [0.3, 0.4) is 0 Å². The molecular formula is C15H15ClFNO. The molecule has 0 aliphatic rings. The first-order valence-electron chi connectivity index (χ1n) is 6.05. The van der Waals surface area contributed by atoms with Crippen LogP contribution < -0.4 is 10.5 Å². The molecule has 2 aromatic rings. The zero-order valence-electron chi connectivity index (χ0n) is 10.4. The summed E-state index contributed by atoms with van der Waals surface area (Å²) < 4.78 is 19.2. The minimum Gasteiger partial charge on any atom is -0.486 e. The fourth-order valence-electron chi connectivity index (χ4n) is 1.75. The summed E-state index contributed by atoms with van der Waals surface area (Å²) in [6.45, 7) is 0.742. The van der Waals surface area contributed by atoms with Crippen molar-refractivity contribution < 1.29 is 9.13 Å². The molecule has 0 atom stereocenters. The Morgan fingerprint density at radius 2 is 1.95 bits per heavy atom. The minimum absolute atomic E-state index is 0.223. The molecule has 0 fully saturated rings. The van der Waals surface area contributed by atoms with Gasteiger partial charge in [0.25, 0.3) is 0 Å². The topological polar surface area (TPSA) is 35.2 Å². The second-order valence-corrected chi connectivity index (χ2v) is 4.59. The highest BCUT2D eigenvalue weighted by molar-refractivity contribution is 6.31. The van der Waals surface area contributed by atoms with Gasteiger partial charge in [0.1, 0.15) is 6.61 Å². The lowest BCUT2D eigenvalue weighted by Crippen LogP contribution is -2.03. The Morgan fingerprint density at radius 1 is 1.16 bits per heavy atom. The molecule has 0 radical (unpaired) electrons. The number of hydrogen-bond acceptors (Lipinski definition) is 2. The van der Waals surface area contributed by atoms with Gasteiger partial charge in [-0.1, -0.05) is 35.9 Å². The van der Waals surface area contributed by atoms with Crippen LogP contribution in [0, 0.1) is 5.82 Å². The highest BCUT2D eigenvalue weighted by Gasteiger charge is 2.06. The Bertz CT molecular complexity index is 560. The first-order valence-corrected chi connectivity index (χ1v) is 6.43. The van der Waals surface area contributed by atoms with E-state index < -0.39 is 0 Å². The maximum Gasteiger partial charge on any atom is 0.165 e. The number of rotatable bonds is 5. The highest BCUT2D eigenvalue weighted by atomic mass is 35.5. The number of benzene rings is 2. The van der Waals surface area contributed by atoms with E-state index >= 15 is 0 Å². The van der Waals surface area contributed by atoms with Crippen LogP contribution in [0.2, 0.25) is 5.02 Å². The standard InChI is InChI=1S/C15H15ClFNO/c16-13-4-2-1-3-12(13)10-19-15-6-5-11(7-8-18)9-14(15)17/h1-6,9H,7-8,10,18H2. The molecule has 0 saturated heterocycles. The van der Waals surface area contributed by atoms with Gasteiger partial charge in [0, 0.05) is 10.6 Å². The van der Waals surface area contributed by atoms with Crippen molar-refractivity contribution in [2.24, 2.45) is 5.73 Å². The molecule has 0 saturated carbocycles. The van der Waals surface area contributed by atoms with E-state index in [0.717, 1.165) is 11.1 Å². The second kappa shape index (κ2) is 6.55. The van der Waals surface area contributed by atoms with Gasteiger partial charge < -0.3 is 10.5 Å². The average molecular weight is 280 g/mol. The second-order valence-electron chi connectivity index (χ2n) is 4.18. The number of hydrogen-bond donors (Lipinski definition) is 1. The van der Waals surface area contributed by atoms with Crippen LogP contribution in [0.25, 0.3) is 0 Å². The van der Waals surface area contributed by atoms with Gasteiger partial charge in [0.15, 0.2) is 11.6 Å². The van der Waals surface area contributed by atoms with Crippen LogP contribution in [0.1, 0.15) is 11.1 Å². The third-order valence-corrected chi connectivity index (χ3v) is 3.14. The molecule has 2 rings (SSSR count). The van der Waals surface area contributed by atoms with Crippen LogP contribution in [0.5, 0.6) is 5.75 Å². The van der Waals surface area contributed by atoms with E-state index in [1.165, 1.54) is 6.07 Å². The molecule has 0 amide bonds. The molecule has 0 heterocycles. The summed E-state index contributed by atoms with van der Waals surface area (Å²) in [4.78, 5) is 0. The largest absolute Gasteiger partial charge is 0.486 e. The molecule has 2 aromatic carbocycles. The summed E-state index contributed by atoms with van der Waals surface area (Å²) in [5, 5.41) is 0.614. The van der Waals surface area contributed by atoms with Crippen molar-refractivity contribution in [1.29, 1.82) is 0 Å². The predicted octanol–water partition coefficient (Wildman–Crippen LogP) is 3.56. The molecule has 0 bridgehead atoms. The van der Waals surface area contributed by atoms with Gasteiger partial charge >= 0.3 is 0 Å². The van der Waals surface area contributed by atoms with Crippen molar-refractivity contribution in [3.63, 3.8) is 0 Å². The summed E-state index contributed by atoms with van der Waals surface area (Å²) in [6.07, 6.45) is 0.654. The van der Waals surface area contributed by atoms with Crippen molar-refractivity contribution >= 4 is 11.6 Å². The molecule has 0 aromatic heterocycles. The van der Waals surface area contributed by atoms with Gasteiger partial charge in [0.05, 0.1) is 0 Å². The van der Waals surface area contributed by atoms with Crippen molar-refractivity contribution in [2.45, 2.75) is 13.0 Å². The van der Waals surface area contributed by atoms with Crippen molar-refractivity contribution in [1.82, 2.24) is 0 Å². The molecule has 19 heavy (non-hydrogen) atoms. The molecule has 0 spiro atoms. The fraction of sp³-hybridized carbons (Fsp3) is 0.200. The Morgan fingerprint density at radius 3 is 2.63 bits per heavy atom. The SMILES string of the molecule is NCCc1ccc(OCc2ccccc2Cl)c(F)c1. The maximum atomic E-state index is 13.8. The van der Waals surface area contributed by atoms with Crippen LogP contribution in [0.4, 0.5) is 4.39 Å². The Kier molecular flexibility index (Phi) is 4.77. The number of halogens is 2. The van der Waals surface area contributed by atoms with Gasteiger partial charge in [-0.3, -0.25) is 0 Å². The molecule has 0 aliphatic heterocycles. The van der Waals surface area contributed by atoms with Gasteiger partial charge in [0.2, 0.25) is 0 Å². The smallest absolute Gasteiger partial charge is 0.165 e. The minimum atomic E-state index is -0.377. The third kappa shape index (κ3) is 3.69. The first-order chi connectivity index (χ1) is 9.20. The van der Waals surface area contributed by atoms with Crippen molar-refractivity contribution in [2.75, 3.05) is 6.54 Å². The fourth-order valence-corrected chi connectivity index (χ4v) is 1.94. The first kappa shape index (κ1) is 13.8. The van der Waals surface area contributed by atoms with Crippen LogP contribution in [-0.2, 0) is 13.0 Å². The summed E-state index contributed by atoms with van der Waals surface area (Å²) >= 11 is 6.01. The molecule has 2 nitrogen and oxygen atoms in total. The Hall–Kier alpha value is -1.58. The lowest BCUT2D eigenvalue weighted by molar-refractivity contribution is 0.290. The van der Waals surface area contributed by atoms with E-state index in [-0.39, 0.29) is 18.2 Å². The van der Waals surface area contributed by atoms with Crippen LogP contribution >= 0.6 is 11.6 Å². The third-order valence-electron chi connectivity index (χ3n) is 2.77. The lowest BCUT2D eigenvalue weighted by atomic mass is 10.1. The number of nitrogens with two attached hydrogens (primary N) is 1. The van der Waals surface area contributed by atoms with Crippen LogP contribution in [-0.4, -0.2) is 6.54 Å². The van der Waals surface area contributed by atoms with E-state index in [2.05, 4.69) is 0 Å². The zero-order valence-corrected chi connectivity index (χ0v) is 11.2. The molecule has 4 heteroatoms. The quantitative estimate of drug-likeness (QED) is 0.908. The monoisotopic (exact) mass is 279 g/mol. The molecular weight excluding hydrogens is 265 g/mol. The van der Waals surface area contributed by atoms with E-state index in [4.69, 9.17) is 22.1 Å². The van der Waals surface area contributed by atoms with Gasteiger partial charge in [-0.15, -0.1) is 0 Å². The summed E-state index contributed by atoms with van der Waals surface area (Å²) in [5.74, 6) is -0.154. The summed E-state index contributed by atoms with van der Waals surface area (Å²) in [7, 11) is 0. The predicted molar refractivity (Wildman–Crippen MR) is 74.9 cm³/mol. The van der Waals surface area contributed by atoms with Crippen molar-refractivity contribution in [3.05, 3.63) is 64.4 Å². The van der Waals surface area contributed by atoms with E-state index in [9.17, 15) is 4.39 Å². The molecule has 100 valence electrons. The number of ether oxygens (including phenoxy) is 1. The summed E-state index contributed by atoms with van der Waals surface area (Å²) in [5.41, 5.74) is 7.13. The average Bonchev–Trinajstić information content (AvgIpc) is 2.40. The van der Waals surface area contributed by atoms with Crippen molar-refractivity contribution in [3.8, 4) is 5.75 Å². The zero-order chi connectivity index (χ0) is 13.7. The molecule has 0 unspecified atom stereocenters. The van der Waals surface area contributed by atoms with Gasteiger partial charge in [-0.05, 0) is 36.7 Å². The van der Waals surface area contributed by atoms with E-state index in [1.807, 2.05) is 24.3 Å². The molecule has 0 aliphatic carbocycles. The van der Waals surface area contributed by atoms with Gasteiger partial charge in [-0.25, -0.2) is 4.39 Å². The Labute approximate surface area is 117 Å². The summed E-state index contributed by atoms with van der Waals surface area (Å²) in [6, 6.07) is 12.2. The van der Waals surface area contributed by atoms with Crippen LogP contribution in [0.15, 0.2) is 42.5 Å². The van der Waals surface area contributed by atoms with E-state index in [1.54, 1.807) is 12.1 Å². The van der Waals surface area contributed by atoms with E-state index in [0.29, 0.717) is 18.0 Å². The molecule has 2 N–H and O–H groups in total.